The largest absolute Gasteiger partial charge is 0.462 e. The zero-order valence-corrected chi connectivity index (χ0v) is 17.3. The Labute approximate surface area is 177 Å². The lowest BCUT2D eigenvalue weighted by atomic mass is 10.2. The Morgan fingerprint density at radius 1 is 0.966 bits per heavy atom. The van der Waals surface area contributed by atoms with Gasteiger partial charge in [-0.3, -0.25) is 4.79 Å². The number of ether oxygens (including phenoxy) is 1. The molecule has 1 aromatic heterocycles. The molecular weight excluding hydrogens is 406 g/mol. The molecule has 0 unspecified atom stereocenters. The molecule has 0 saturated carbocycles. The summed E-state index contributed by atoms with van der Waals surface area (Å²) in [5.74, 6) is -0.354. The van der Waals surface area contributed by atoms with E-state index in [4.69, 9.17) is 4.74 Å². The zero-order chi connectivity index (χ0) is 20.5. The van der Waals surface area contributed by atoms with Gasteiger partial charge in [-0.15, -0.1) is 0 Å². The van der Waals surface area contributed by atoms with E-state index in [0.717, 1.165) is 9.92 Å². The van der Waals surface area contributed by atoms with Crippen molar-refractivity contribution < 1.29 is 14.3 Å². The Hall–Kier alpha value is -2.84. The highest BCUT2D eigenvalue weighted by Gasteiger charge is 2.11. The third kappa shape index (κ3) is 6.33. The lowest BCUT2D eigenvalue weighted by molar-refractivity contribution is -0.113. The first-order chi connectivity index (χ1) is 14.2. The van der Waals surface area contributed by atoms with Gasteiger partial charge in [0.1, 0.15) is 10.1 Å². The topological polar surface area (TPSA) is 81.2 Å². The highest BCUT2D eigenvalue weighted by Crippen LogP contribution is 2.32. The van der Waals surface area contributed by atoms with Gasteiger partial charge in [0.2, 0.25) is 5.91 Å². The lowest BCUT2D eigenvalue weighted by Crippen LogP contribution is -2.14. The Morgan fingerprint density at radius 3 is 2.34 bits per heavy atom. The molecule has 0 bridgehead atoms. The summed E-state index contributed by atoms with van der Waals surface area (Å²) in [6.07, 6.45) is 3.25. The SMILES string of the molecule is CCOC(=O)c1ccc(NC(=O)CSc2nccnc2Sc2ccccc2)cc1. The number of hydrogen-bond donors (Lipinski definition) is 1. The highest BCUT2D eigenvalue weighted by atomic mass is 32.2. The van der Waals surface area contributed by atoms with E-state index in [9.17, 15) is 9.59 Å². The van der Waals surface area contributed by atoms with Crippen molar-refractivity contribution in [2.45, 2.75) is 21.9 Å². The van der Waals surface area contributed by atoms with Crippen molar-refractivity contribution >= 4 is 41.1 Å². The van der Waals surface area contributed by atoms with Crippen molar-refractivity contribution in [1.82, 2.24) is 9.97 Å². The fourth-order valence-electron chi connectivity index (χ4n) is 2.32. The molecule has 0 atom stereocenters. The minimum absolute atomic E-state index is 0.166. The van der Waals surface area contributed by atoms with Crippen LogP contribution in [-0.4, -0.2) is 34.2 Å². The number of carbonyl (C=O) groups is 2. The van der Waals surface area contributed by atoms with Crippen molar-refractivity contribution in [3.63, 3.8) is 0 Å². The predicted molar refractivity (Wildman–Crippen MR) is 114 cm³/mol. The molecule has 0 saturated heterocycles. The fourth-order valence-corrected chi connectivity index (χ4v) is 4.04. The smallest absolute Gasteiger partial charge is 0.338 e. The van der Waals surface area contributed by atoms with E-state index in [1.165, 1.54) is 23.5 Å². The first kappa shape index (κ1) is 20.9. The molecule has 1 amide bonds. The summed E-state index contributed by atoms with van der Waals surface area (Å²) in [5.41, 5.74) is 1.06. The van der Waals surface area contributed by atoms with Gasteiger partial charge in [0, 0.05) is 23.0 Å². The van der Waals surface area contributed by atoms with Gasteiger partial charge in [-0.05, 0) is 43.3 Å². The van der Waals surface area contributed by atoms with Crippen LogP contribution in [0, 0.1) is 0 Å². The molecule has 0 aliphatic heterocycles. The molecule has 2 aromatic carbocycles. The normalized spacial score (nSPS) is 10.4. The molecular formula is C21H19N3O3S2. The van der Waals surface area contributed by atoms with Gasteiger partial charge in [-0.1, -0.05) is 41.7 Å². The lowest BCUT2D eigenvalue weighted by Gasteiger charge is -2.08. The standard InChI is InChI=1S/C21H19N3O3S2/c1-2-27-21(26)15-8-10-16(11-9-15)24-18(25)14-28-19-20(23-13-12-22-19)29-17-6-4-3-5-7-17/h3-13H,2,14H2,1H3,(H,24,25). The summed E-state index contributed by atoms with van der Waals surface area (Å²) in [4.78, 5) is 33.8. The first-order valence-electron chi connectivity index (χ1n) is 8.89. The molecule has 3 rings (SSSR count). The molecule has 0 aliphatic rings. The highest BCUT2D eigenvalue weighted by molar-refractivity contribution is 8.02. The van der Waals surface area contributed by atoms with Crippen molar-refractivity contribution in [2.24, 2.45) is 0 Å². The maximum Gasteiger partial charge on any atom is 0.338 e. The first-order valence-corrected chi connectivity index (χ1v) is 10.7. The van der Waals surface area contributed by atoms with Crippen LogP contribution in [-0.2, 0) is 9.53 Å². The number of rotatable bonds is 8. The summed E-state index contributed by atoms with van der Waals surface area (Å²) in [7, 11) is 0. The van der Waals surface area contributed by atoms with Crippen LogP contribution >= 0.6 is 23.5 Å². The van der Waals surface area contributed by atoms with Crippen molar-refractivity contribution in [3.05, 3.63) is 72.6 Å². The number of aromatic nitrogens is 2. The maximum atomic E-state index is 12.3. The molecule has 8 heteroatoms. The fraction of sp³-hybridized carbons (Fsp3) is 0.143. The number of nitrogens with zero attached hydrogens (tertiary/aromatic N) is 2. The van der Waals surface area contributed by atoms with E-state index in [1.54, 1.807) is 43.6 Å². The van der Waals surface area contributed by atoms with E-state index in [1.807, 2.05) is 30.3 Å². The van der Waals surface area contributed by atoms with Crippen LogP contribution in [0.3, 0.4) is 0 Å². The van der Waals surface area contributed by atoms with E-state index >= 15 is 0 Å². The Kier molecular flexibility index (Phi) is 7.66. The molecule has 3 aromatic rings. The van der Waals surface area contributed by atoms with E-state index < -0.39 is 0 Å². The summed E-state index contributed by atoms with van der Waals surface area (Å²) in [6.45, 7) is 2.08. The number of hydrogen-bond acceptors (Lipinski definition) is 7. The monoisotopic (exact) mass is 425 g/mol. The second-order valence-corrected chi connectivity index (χ2v) is 7.74. The van der Waals surface area contributed by atoms with Crippen LogP contribution in [0.1, 0.15) is 17.3 Å². The molecule has 0 spiro atoms. The minimum atomic E-state index is -0.382. The van der Waals surface area contributed by atoms with E-state index in [2.05, 4.69) is 15.3 Å². The van der Waals surface area contributed by atoms with Gasteiger partial charge in [-0.25, -0.2) is 14.8 Å². The molecule has 1 heterocycles. The van der Waals surface area contributed by atoms with E-state index in [-0.39, 0.29) is 17.6 Å². The molecule has 6 nitrogen and oxygen atoms in total. The maximum absolute atomic E-state index is 12.3. The second kappa shape index (κ2) is 10.6. The van der Waals surface area contributed by atoms with E-state index in [0.29, 0.717) is 22.9 Å². The van der Waals surface area contributed by atoms with Crippen LogP contribution < -0.4 is 5.32 Å². The minimum Gasteiger partial charge on any atom is -0.462 e. The molecule has 1 N–H and O–H groups in total. The van der Waals surface area contributed by atoms with Crippen molar-refractivity contribution in [1.29, 1.82) is 0 Å². The third-order valence-electron chi connectivity index (χ3n) is 3.61. The van der Waals surface area contributed by atoms with Crippen molar-refractivity contribution in [3.8, 4) is 0 Å². The van der Waals surface area contributed by atoms with Crippen LogP contribution in [0.15, 0.2) is 81.9 Å². The number of anilines is 1. The average Bonchev–Trinajstić information content (AvgIpc) is 2.74. The average molecular weight is 426 g/mol. The number of benzene rings is 2. The quantitative estimate of drug-likeness (QED) is 0.419. The molecule has 148 valence electrons. The van der Waals surface area contributed by atoms with Crippen LogP contribution in [0.2, 0.25) is 0 Å². The van der Waals surface area contributed by atoms with Gasteiger partial charge in [-0.2, -0.15) is 0 Å². The van der Waals surface area contributed by atoms with Crippen LogP contribution in [0.4, 0.5) is 5.69 Å². The Morgan fingerprint density at radius 2 is 1.66 bits per heavy atom. The molecule has 0 radical (unpaired) electrons. The summed E-state index contributed by atoms with van der Waals surface area (Å²) >= 11 is 2.84. The van der Waals surface area contributed by atoms with Crippen LogP contribution in [0.5, 0.6) is 0 Å². The number of esters is 1. The van der Waals surface area contributed by atoms with Crippen LogP contribution in [0.25, 0.3) is 0 Å². The number of amides is 1. The van der Waals surface area contributed by atoms with Gasteiger partial charge in [0.05, 0.1) is 17.9 Å². The Bertz CT molecular complexity index is 966. The predicted octanol–water partition coefficient (Wildman–Crippen LogP) is 4.54. The summed E-state index contributed by atoms with van der Waals surface area (Å²) in [6, 6.07) is 16.5. The zero-order valence-electron chi connectivity index (χ0n) is 15.7. The summed E-state index contributed by atoms with van der Waals surface area (Å²) in [5, 5.41) is 4.28. The molecule has 29 heavy (non-hydrogen) atoms. The summed E-state index contributed by atoms with van der Waals surface area (Å²) < 4.78 is 4.95. The van der Waals surface area contributed by atoms with Gasteiger partial charge in [0.15, 0.2) is 0 Å². The number of carbonyl (C=O) groups excluding carboxylic acids is 2. The van der Waals surface area contributed by atoms with Gasteiger partial charge >= 0.3 is 5.97 Å². The van der Waals surface area contributed by atoms with Crippen molar-refractivity contribution in [2.75, 3.05) is 17.7 Å². The van der Waals surface area contributed by atoms with Gasteiger partial charge in [0.25, 0.3) is 0 Å². The molecule has 0 aliphatic carbocycles. The number of nitrogens with one attached hydrogen (secondary N) is 1. The van der Waals surface area contributed by atoms with Gasteiger partial charge < -0.3 is 10.1 Å². The Balaban J connectivity index is 1.56. The molecule has 0 fully saturated rings. The second-order valence-electron chi connectivity index (χ2n) is 5.72. The third-order valence-corrected chi connectivity index (χ3v) is 5.72. The number of thioether (sulfide) groups is 1.